The van der Waals surface area contributed by atoms with Crippen LogP contribution in [0.15, 0.2) is 48.5 Å². The number of ether oxygens (including phenoxy) is 1. The summed E-state index contributed by atoms with van der Waals surface area (Å²) in [5.74, 6) is 1.49. The molecule has 0 atom stereocenters. The Balaban J connectivity index is 2.10. The second-order valence-electron chi connectivity index (χ2n) is 5.11. The smallest absolute Gasteiger partial charge is 0.151 e. The normalized spacial score (nSPS) is 11.4. The van der Waals surface area contributed by atoms with Crippen molar-refractivity contribution in [3.8, 4) is 11.8 Å². The van der Waals surface area contributed by atoms with E-state index in [1.807, 2.05) is 54.6 Å². The van der Waals surface area contributed by atoms with E-state index in [0.717, 1.165) is 28.9 Å². The minimum Gasteiger partial charge on any atom is -0.497 e. The van der Waals surface area contributed by atoms with Crippen molar-refractivity contribution in [1.29, 1.82) is 5.26 Å². The highest BCUT2D eigenvalue weighted by molar-refractivity contribution is 5.90. The number of hydrogen-bond acceptors (Lipinski definition) is 3. The number of benzene rings is 2. The standard InChI is InChI=1S/C19H17N3O/c1-3-22-18-7-5-4-6-17(18)21-19(22)15(13-20)12-14-8-10-16(23-2)11-9-14/h4-12H,3H2,1-2H3. The minimum atomic E-state index is 0.549. The molecule has 0 aliphatic rings. The van der Waals surface area contributed by atoms with Gasteiger partial charge in [-0.15, -0.1) is 0 Å². The molecule has 3 aromatic rings. The molecule has 0 unspecified atom stereocenters. The fourth-order valence-electron chi connectivity index (χ4n) is 2.61. The number of imidazole rings is 1. The van der Waals surface area contributed by atoms with Crippen molar-refractivity contribution < 1.29 is 4.74 Å². The molecule has 114 valence electrons. The summed E-state index contributed by atoms with van der Waals surface area (Å²) in [5, 5.41) is 9.59. The second kappa shape index (κ2) is 6.37. The van der Waals surface area contributed by atoms with Gasteiger partial charge in [0.15, 0.2) is 5.82 Å². The Labute approximate surface area is 135 Å². The lowest BCUT2D eigenvalue weighted by molar-refractivity contribution is 0.415. The Kier molecular flexibility index (Phi) is 4.11. The Morgan fingerprint density at radius 1 is 1.22 bits per heavy atom. The summed E-state index contributed by atoms with van der Waals surface area (Å²) in [6, 6.07) is 17.8. The summed E-state index contributed by atoms with van der Waals surface area (Å²) in [6.45, 7) is 2.82. The fraction of sp³-hybridized carbons (Fsp3) is 0.158. The van der Waals surface area contributed by atoms with E-state index in [1.165, 1.54) is 0 Å². The summed E-state index contributed by atoms with van der Waals surface area (Å²) >= 11 is 0. The Morgan fingerprint density at radius 3 is 2.61 bits per heavy atom. The maximum atomic E-state index is 9.59. The first-order valence-corrected chi connectivity index (χ1v) is 7.48. The third kappa shape index (κ3) is 2.82. The van der Waals surface area contributed by atoms with Crippen LogP contribution < -0.4 is 4.74 Å². The van der Waals surface area contributed by atoms with Gasteiger partial charge in [-0.05, 0) is 42.8 Å². The summed E-state index contributed by atoms with van der Waals surface area (Å²) in [5.41, 5.74) is 3.44. The molecule has 0 bridgehead atoms. The van der Waals surface area contributed by atoms with Gasteiger partial charge in [0.25, 0.3) is 0 Å². The topological polar surface area (TPSA) is 50.8 Å². The van der Waals surface area contributed by atoms with Crippen LogP contribution in [0.1, 0.15) is 18.3 Å². The van der Waals surface area contributed by atoms with Gasteiger partial charge in [-0.3, -0.25) is 0 Å². The minimum absolute atomic E-state index is 0.549. The van der Waals surface area contributed by atoms with Gasteiger partial charge >= 0.3 is 0 Å². The van der Waals surface area contributed by atoms with Crippen LogP contribution in [0.5, 0.6) is 5.75 Å². The molecular formula is C19H17N3O. The number of nitrogens with zero attached hydrogens (tertiary/aromatic N) is 3. The van der Waals surface area contributed by atoms with E-state index in [0.29, 0.717) is 11.4 Å². The fourth-order valence-corrected chi connectivity index (χ4v) is 2.61. The van der Waals surface area contributed by atoms with Gasteiger partial charge in [0, 0.05) is 6.54 Å². The predicted octanol–water partition coefficient (Wildman–Crippen LogP) is 4.13. The Bertz CT molecular complexity index is 899. The van der Waals surface area contributed by atoms with Gasteiger partial charge in [0.05, 0.1) is 23.7 Å². The van der Waals surface area contributed by atoms with Gasteiger partial charge in [0.2, 0.25) is 0 Å². The van der Waals surface area contributed by atoms with E-state index in [-0.39, 0.29) is 0 Å². The molecule has 4 heteroatoms. The lowest BCUT2D eigenvalue weighted by Gasteiger charge is -2.05. The molecule has 0 radical (unpaired) electrons. The number of fused-ring (bicyclic) bond motifs is 1. The molecule has 0 N–H and O–H groups in total. The van der Waals surface area contributed by atoms with Gasteiger partial charge in [-0.25, -0.2) is 4.98 Å². The maximum Gasteiger partial charge on any atom is 0.151 e. The van der Waals surface area contributed by atoms with Gasteiger partial charge in [-0.2, -0.15) is 5.26 Å². The Hall–Kier alpha value is -3.06. The average Bonchev–Trinajstić information content (AvgIpc) is 2.98. The number of para-hydroxylation sites is 2. The van der Waals surface area contributed by atoms with Crippen molar-refractivity contribution >= 4 is 22.7 Å². The molecule has 0 aliphatic carbocycles. The summed E-state index contributed by atoms with van der Waals surface area (Å²) < 4.78 is 7.22. The third-order valence-corrected chi connectivity index (χ3v) is 3.76. The van der Waals surface area contributed by atoms with E-state index < -0.39 is 0 Å². The zero-order valence-corrected chi connectivity index (χ0v) is 13.2. The van der Waals surface area contributed by atoms with E-state index in [4.69, 9.17) is 4.74 Å². The van der Waals surface area contributed by atoms with Gasteiger partial charge < -0.3 is 9.30 Å². The van der Waals surface area contributed by atoms with Crippen molar-refractivity contribution in [1.82, 2.24) is 9.55 Å². The summed E-state index contributed by atoms with van der Waals surface area (Å²) in [4.78, 5) is 4.63. The molecule has 0 aliphatic heterocycles. The lowest BCUT2D eigenvalue weighted by Crippen LogP contribution is -2.00. The van der Waals surface area contributed by atoms with Crippen LogP contribution in [-0.2, 0) is 6.54 Å². The van der Waals surface area contributed by atoms with Crippen LogP contribution >= 0.6 is 0 Å². The number of nitriles is 1. The third-order valence-electron chi connectivity index (χ3n) is 3.76. The number of rotatable bonds is 4. The van der Waals surface area contributed by atoms with Crippen LogP contribution in [-0.4, -0.2) is 16.7 Å². The molecule has 1 aromatic heterocycles. The summed E-state index contributed by atoms with van der Waals surface area (Å²) in [6.07, 6.45) is 1.85. The van der Waals surface area contributed by atoms with E-state index >= 15 is 0 Å². The molecular weight excluding hydrogens is 286 g/mol. The molecule has 2 aromatic carbocycles. The van der Waals surface area contributed by atoms with E-state index in [9.17, 15) is 5.26 Å². The van der Waals surface area contributed by atoms with Crippen molar-refractivity contribution in [2.24, 2.45) is 0 Å². The first-order chi connectivity index (χ1) is 11.3. The molecule has 23 heavy (non-hydrogen) atoms. The first kappa shape index (κ1) is 14.9. The largest absolute Gasteiger partial charge is 0.497 e. The number of aromatic nitrogens is 2. The number of aryl methyl sites for hydroxylation is 1. The van der Waals surface area contributed by atoms with E-state index in [1.54, 1.807) is 7.11 Å². The van der Waals surface area contributed by atoms with Crippen molar-refractivity contribution in [2.75, 3.05) is 7.11 Å². The molecule has 0 saturated carbocycles. The number of allylic oxidation sites excluding steroid dienone is 1. The van der Waals surface area contributed by atoms with Gasteiger partial charge in [-0.1, -0.05) is 24.3 Å². The molecule has 0 amide bonds. The maximum absolute atomic E-state index is 9.59. The highest BCUT2D eigenvalue weighted by Gasteiger charge is 2.13. The zero-order valence-electron chi connectivity index (χ0n) is 13.2. The van der Waals surface area contributed by atoms with E-state index in [2.05, 4.69) is 22.5 Å². The predicted molar refractivity (Wildman–Crippen MR) is 91.9 cm³/mol. The van der Waals surface area contributed by atoms with Gasteiger partial charge in [0.1, 0.15) is 11.8 Å². The quantitative estimate of drug-likeness (QED) is 0.681. The van der Waals surface area contributed by atoms with Crippen molar-refractivity contribution in [2.45, 2.75) is 13.5 Å². The molecule has 3 rings (SSSR count). The monoisotopic (exact) mass is 303 g/mol. The highest BCUT2D eigenvalue weighted by Crippen LogP contribution is 2.23. The van der Waals surface area contributed by atoms with Crippen molar-refractivity contribution in [3.05, 3.63) is 59.9 Å². The van der Waals surface area contributed by atoms with Crippen LogP contribution in [0.25, 0.3) is 22.7 Å². The highest BCUT2D eigenvalue weighted by atomic mass is 16.5. The van der Waals surface area contributed by atoms with Crippen LogP contribution in [0, 0.1) is 11.3 Å². The zero-order chi connectivity index (χ0) is 16.2. The molecule has 1 heterocycles. The lowest BCUT2D eigenvalue weighted by atomic mass is 10.1. The van der Waals surface area contributed by atoms with Crippen LogP contribution in [0.4, 0.5) is 0 Å². The van der Waals surface area contributed by atoms with Crippen LogP contribution in [0.2, 0.25) is 0 Å². The second-order valence-corrected chi connectivity index (χ2v) is 5.11. The molecule has 0 spiro atoms. The first-order valence-electron chi connectivity index (χ1n) is 7.48. The number of methoxy groups -OCH3 is 1. The molecule has 4 nitrogen and oxygen atoms in total. The molecule has 0 fully saturated rings. The van der Waals surface area contributed by atoms with Crippen molar-refractivity contribution in [3.63, 3.8) is 0 Å². The SMILES string of the molecule is CCn1c(C(C#N)=Cc2ccc(OC)cc2)nc2ccccc21. The average molecular weight is 303 g/mol. The Morgan fingerprint density at radius 2 is 1.96 bits per heavy atom. The van der Waals surface area contributed by atoms with Crippen LogP contribution in [0.3, 0.4) is 0 Å². The summed E-state index contributed by atoms with van der Waals surface area (Å²) in [7, 11) is 1.63. The number of hydrogen-bond donors (Lipinski definition) is 0. The molecule has 0 saturated heterocycles.